The first-order chi connectivity index (χ1) is 18.2. The highest BCUT2D eigenvalue weighted by Gasteiger charge is 2.27. The summed E-state index contributed by atoms with van der Waals surface area (Å²) < 4.78 is 34.8. The van der Waals surface area contributed by atoms with Gasteiger partial charge in [-0.1, -0.05) is 42.5 Å². The summed E-state index contributed by atoms with van der Waals surface area (Å²) in [5, 5.41) is 3.39. The Labute approximate surface area is 221 Å². The van der Waals surface area contributed by atoms with Crippen LogP contribution in [0.1, 0.15) is 17.2 Å². The van der Waals surface area contributed by atoms with Gasteiger partial charge in [0.05, 0.1) is 4.90 Å². The number of benzene rings is 3. The van der Waals surface area contributed by atoms with E-state index in [-0.39, 0.29) is 17.0 Å². The van der Waals surface area contributed by atoms with Gasteiger partial charge in [-0.3, -0.25) is 9.59 Å². The average molecular weight is 535 g/mol. The molecule has 38 heavy (non-hydrogen) atoms. The molecule has 0 saturated carbocycles. The molecule has 0 radical (unpaired) electrons. The van der Waals surface area contributed by atoms with Gasteiger partial charge in [0.15, 0.2) is 0 Å². The van der Waals surface area contributed by atoms with E-state index in [0.717, 1.165) is 17.9 Å². The molecule has 0 aliphatic heterocycles. The lowest BCUT2D eigenvalue weighted by Crippen LogP contribution is -2.40. The van der Waals surface area contributed by atoms with Crippen molar-refractivity contribution in [2.24, 2.45) is 0 Å². The predicted molar refractivity (Wildman–Crippen MR) is 146 cm³/mol. The van der Waals surface area contributed by atoms with E-state index in [1.54, 1.807) is 36.4 Å². The number of hydrogen-bond donors (Lipinski definition) is 3. The minimum absolute atomic E-state index is 0.0179. The van der Waals surface area contributed by atoms with E-state index in [1.807, 2.05) is 43.3 Å². The molecule has 0 bridgehead atoms. The number of fused-ring (bicyclic) bond motifs is 1. The highest BCUT2D eigenvalue weighted by molar-refractivity contribution is 7.89. The molecule has 0 aliphatic rings. The second-order valence-corrected chi connectivity index (χ2v) is 10.8. The van der Waals surface area contributed by atoms with Crippen LogP contribution in [0, 0.1) is 0 Å². The Morgan fingerprint density at radius 3 is 2.42 bits per heavy atom. The third-order valence-corrected chi connectivity index (χ3v) is 7.29. The molecule has 3 N–H and O–H groups in total. The van der Waals surface area contributed by atoms with Gasteiger partial charge < -0.3 is 19.9 Å². The lowest BCUT2D eigenvalue weighted by atomic mass is 10.1. The van der Waals surface area contributed by atoms with Gasteiger partial charge in [0.2, 0.25) is 21.5 Å². The van der Waals surface area contributed by atoms with E-state index < -0.39 is 22.0 Å². The van der Waals surface area contributed by atoms with Gasteiger partial charge >= 0.3 is 0 Å². The van der Waals surface area contributed by atoms with Gasteiger partial charge in [0, 0.05) is 24.7 Å². The number of aromatic amines is 1. The molecule has 9 nitrogen and oxygen atoms in total. The fraction of sp³-hybridized carbons (Fsp3) is 0.214. The zero-order valence-corrected chi connectivity index (χ0v) is 22.0. The maximum Gasteiger partial charge on any atom is 0.248 e. The highest BCUT2D eigenvalue weighted by atomic mass is 32.2. The molecule has 0 spiro atoms. The van der Waals surface area contributed by atoms with Crippen LogP contribution < -0.4 is 20.3 Å². The van der Waals surface area contributed by atoms with Crippen LogP contribution >= 0.6 is 0 Å². The first-order valence-electron chi connectivity index (χ1n) is 12.1. The number of aromatic nitrogens is 1. The molecule has 0 saturated heterocycles. The SMILES string of the molecule is CN(C)CCOc1ccc(CNC(=O)C(NS(=O)(=O)c2ccc3[nH]c(=O)ccc3c2)c2ccccc2)cc1. The van der Waals surface area contributed by atoms with E-state index in [9.17, 15) is 18.0 Å². The number of pyridine rings is 1. The summed E-state index contributed by atoms with van der Waals surface area (Å²) in [6.45, 7) is 1.58. The summed E-state index contributed by atoms with van der Waals surface area (Å²) in [4.78, 5) is 29.5. The summed E-state index contributed by atoms with van der Waals surface area (Å²) in [6, 6.07) is 22.1. The number of hydrogen-bond acceptors (Lipinski definition) is 6. The van der Waals surface area contributed by atoms with Crippen molar-refractivity contribution >= 4 is 26.8 Å². The van der Waals surface area contributed by atoms with Crippen LogP contribution in [-0.2, 0) is 21.4 Å². The molecular formula is C28H30N4O5S. The Hall–Kier alpha value is -3.99. The molecule has 3 aromatic carbocycles. The molecule has 4 rings (SSSR count). The third-order valence-electron chi connectivity index (χ3n) is 5.87. The molecular weight excluding hydrogens is 504 g/mol. The number of rotatable bonds is 11. The highest BCUT2D eigenvalue weighted by Crippen LogP contribution is 2.21. The third kappa shape index (κ3) is 7.06. The van der Waals surface area contributed by atoms with Crippen LogP contribution in [0.25, 0.3) is 10.9 Å². The van der Waals surface area contributed by atoms with Gasteiger partial charge in [-0.25, -0.2) is 8.42 Å². The molecule has 1 heterocycles. The number of carbonyl (C=O) groups is 1. The molecule has 0 fully saturated rings. The lowest BCUT2D eigenvalue weighted by Gasteiger charge is -2.19. The van der Waals surface area contributed by atoms with Crippen LogP contribution in [0.5, 0.6) is 5.75 Å². The largest absolute Gasteiger partial charge is 0.492 e. The van der Waals surface area contributed by atoms with Crippen molar-refractivity contribution in [1.82, 2.24) is 19.9 Å². The number of likely N-dealkylation sites (N-methyl/N-ethyl adjacent to an activating group) is 1. The van der Waals surface area contributed by atoms with E-state index in [4.69, 9.17) is 4.74 Å². The summed E-state index contributed by atoms with van der Waals surface area (Å²) in [5.74, 6) is 0.243. The van der Waals surface area contributed by atoms with Crippen molar-refractivity contribution in [2.75, 3.05) is 27.2 Å². The first-order valence-corrected chi connectivity index (χ1v) is 13.5. The number of nitrogens with zero attached hydrogens (tertiary/aromatic N) is 1. The Kier molecular flexibility index (Phi) is 8.57. The van der Waals surface area contributed by atoms with Crippen molar-refractivity contribution in [2.45, 2.75) is 17.5 Å². The summed E-state index contributed by atoms with van der Waals surface area (Å²) in [5.41, 5.74) is 1.58. The molecule has 198 valence electrons. The summed E-state index contributed by atoms with van der Waals surface area (Å²) >= 11 is 0. The molecule has 4 aromatic rings. The monoisotopic (exact) mass is 534 g/mol. The smallest absolute Gasteiger partial charge is 0.248 e. The average Bonchev–Trinajstić information content (AvgIpc) is 2.91. The van der Waals surface area contributed by atoms with Crippen molar-refractivity contribution < 1.29 is 17.9 Å². The normalized spacial score (nSPS) is 12.4. The van der Waals surface area contributed by atoms with Crippen LogP contribution in [0.4, 0.5) is 0 Å². The minimum Gasteiger partial charge on any atom is -0.492 e. The van der Waals surface area contributed by atoms with E-state index in [0.29, 0.717) is 23.1 Å². The first kappa shape index (κ1) is 27.1. The number of nitrogens with one attached hydrogen (secondary N) is 3. The van der Waals surface area contributed by atoms with Gasteiger partial charge in [-0.2, -0.15) is 4.72 Å². The van der Waals surface area contributed by atoms with Gasteiger partial charge in [-0.05, 0) is 67.0 Å². The Bertz CT molecular complexity index is 1550. The quantitative estimate of drug-likeness (QED) is 0.272. The molecule has 1 unspecified atom stereocenters. The van der Waals surface area contributed by atoms with E-state index in [1.165, 1.54) is 24.3 Å². The lowest BCUT2D eigenvalue weighted by molar-refractivity contribution is -0.123. The maximum atomic E-state index is 13.3. The number of carbonyl (C=O) groups excluding carboxylic acids is 1. The fourth-order valence-corrected chi connectivity index (χ4v) is 5.00. The zero-order chi connectivity index (χ0) is 27.1. The Balaban J connectivity index is 1.48. The number of amides is 1. The minimum atomic E-state index is -4.08. The second-order valence-electron chi connectivity index (χ2n) is 9.05. The topological polar surface area (TPSA) is 121 Å². The van der Waals surface area contributed by atoms with E-state index >= 15 is 0 Å². The van der Waals surface area contributed by atoms with Crippen LogP contribution in [0.15, 0.2) is 94.6 Å². The van der Waals surface area contributed by atoms with Crippen LogP contribution in [0.2, 0.25) is 0 Å². The zero-order valence-electron chi connectivity index (χ0n) is 21.2. The fourth-order valence-electron chi connectivity index (χ4n) is 3.78. The molecule has 1 amide bonds. The van der Waals surface area contributed by atoms with Crippen LogP contribution in [-0.4, -0.2) is 51.5 Å². The van der Waals surface area contributed by atoms with Gasteiger partial charge in [0.25, 0.3) is 0 Å². The number of ether oxygens (including phenoxy) is 1. The van der Waals surface area contributed by atoms with Crippen molar-refractivity contribution in [3.63, 3.8) is 0 Å². The standard InChI is InChI=1S/C28H30N4O5S/c1-32(2)16-17-37-23-11-8-20(9-12-23)19-29-28(34)27(21-6-4-3-5-7-21)31-38(35,36)24-13-14-25-22(18-24)10-15-26(33)30-25/h3-15,18,27,31H,16-17,19H2,1-2H3,(H,29,34)(H,30,33). The van der Waals surface area contributed by atoms with E-state index in [2.05, 4.69) is 15.0 Å². The van der Waals surface area contributed by atoms with Gasteiger partial charge in [-0.15, -0.1) is 0 Å². The van der Waals surface area contributed by atoms with Crippen molar-refractivity contribution in [3.8, 4) is 5.75 Å². The predicted octanol–water partition coefficient (Wildman–Crippen LogP) is 2.80. The maximum absolute atomic E-state index is 13.3. The van der Waals surface area contributed by atoms with Crippen molar-refractivity contribution in [1.29, 1.82) is 0 Å². The molecule has 1 aromatic heterocycles. The number of H-pyrrole nitrogens is 1. The van der Waals surface area contributed by atoms with Gasteiger partial charge in [0.1, 0.15) is 18.4 Å². The molecule has 1 atom stereocenters. The second kappa shape index (κ2) is 12.0. The summed E-state index contributed by atoms with van der Waals surface area (Å²) in [6.07, 6.45) is 0. The Morgan fingerprint density at radius 1 is 0.974 bits per heavy atom. The summed E-state index contributed by atoms with van der Waals surface area (Å²) in [7, 11) is -0.131. The number of sulfonamides is 1. The molecule has 0 aliphatic carbocycles. The Morgan fingerprint density at radius 2 is 1.71 bits per heavy atom. The van der Waals surface area contributed by atoms with Crippen molar-refractivity contribution in [3.05, 3.63) is 106 Å². The molecule has 10 heteroatoms. The van der Waals surface area contributed by atoms with Crippen LogP contribution in [0.3, 0.4) is 0 Å².